The fourth-order valence-electron chi connectivity index (χ4n) is 3.95. The minimum absolute atomic E-state index is 0.0414. The quantitative estimate of drug-likeness (QED) is 0.570. The lowest BCUT2D eigenvalue weighted by Crippen LogP contribution is -2.35. The second-order valence-corrected chi connectivity index (χ2v) is 7.59. The van der Waals surface area contributed by atoms with Crippen molar-refractivity contribution in [3.05, 3.63) is 52.1 Å². The highest BCUT2D eigenvalue weighted by atomic mass is 19.1. The van der Waals surface area contributed by atoms with E-state index in [0.717, 1.165) is 31.8 Å². The van der Waals surface area contributed by atoms with E-state index in [4.69, 9.17) is 0 Å². The van der Waals surface area contributed by atoms with Crippen molar-refractivity contribution >= 4 is 35.2 Å². The first-order chi connectivity index (χ1) is 15.2. The van der Waals surface area contributed by atoms with Gasteiger partial charge in [-0.1, -0.05) is 13.8 Å². The molecule has 1 aliphatic heterocycles. The zero-order chi connectivity index (χ0) is 23.6. The predicted octanol–water partition coefficient (Wildman–Crippen LogP) is 3.41. The first-order valence-corrected chi connectivity index (χ1v) is 10.5. The molecular formula is C23H27FN4O4. The minimum atomic E-state index is -1.45. The van der Waals surface area contributed by atoms with Gasteiger partial charge < -0.3 is 20.3 Å². The molecule has 0 atom stereocenters. The number of anilines is 1. The molecule has 3 amide bonds. The monoisotopic (exact) mass is 442 g/mol. The third-order valence-corrected chi connectivity index (χ3v) is 5.71. The van der Waals surface area contributed by atoms with Crippen LogP contribution in [0, 0.1) is 19.7 Å². The average Bonchev–Trinajstić information content (AvgIpc) is 3.18. The van der Waals surface area contributed by atoms with Crippen molar-refractivity contribution in [3.8, 4) is 0 Å². The Balaban J connectivity index is 1.92. The molecule has 0 saturated carbocycles. The number of carbonyl (C=O) groups is 3. The number of hydrogen-bond donors (Lipinski definition) is 3. The van der Waals surface area contributed by atoms with Crippen LogP contribution in [0.4, 0.5) is 14.9 Å². The summed E-state index contributed by atoms with van der Waals surface area (Å²) in [4.78, 5) is 43.0. The summed E-state index contributed by atoms with van der Waals surface area (Å²) in [6.07, 6.45) is 0.0253. The fourth-order valence-corrected chi connectivity index (χ4v) is 3.95. The Morgan fingerprint density at radius 1 is 1.25 bits per heavy atom. The van der Waals surface area contributed by atoms with E-state index >= 15 is 0 Å². The smallest absolute Gasteiger partial charge is 0.419 e. The van der Waals surface area contributed by atoms with Crippen LogP contribution in [-0.2, 0) is 4.79 Å². The summed E-state index contributed by atoms with van der Waals surface area (Å²) in [6.45, 7) is 10.7. The zero-order valence-corrected chi connectivity index (χ0v) is 18.6. The number of H-pyrrole nitrogens is 1. The number of imide groups is 1. The molecule has 170 valence electrons. The summed E-state index contributed by atoms with van der Waals surface area (Å²) >= 11 is 0. The molecule has 0 aliphatic carbocycles. The molecule has 9 heteroatoms. The number of carbonyl (C=O) groups excluding carboxylic acids is 2. The number of carboxylic acid groups (broad SMARTS) is 1. The molecule has 2 heterocycles. The van der Waals surface area contributed by atoms with E-state index in [-0.39, 0.29) is 22.7 Å². The zero-order valence-electron chi connectivity index (χ0n) is 18.6. The van der Waals surface area contributed by atoms with Gasteiger partial charge in [0.25, 0.3) is 11.8 Å². The first kappa shape index (κ1) is 23.2. The molecule has 3 rings (SSSR count). The number of aryl methyl sites for hydroxylation is 1. The minimum Gasteiger partial charge on any atom is -0.464 e. The van der Waals surface area contributed by atoms with Crippen LogP contribution in [0.2, 0.25) is 0 Å². The first-order valence-electron chi connectivity index (χ1n) is 10.5. The summed E-state index contributed by atoms with van der Waals surface area (Å²) in [5.74, 6) is -1.58. The van der Waals surface area contributed by atoms with Crippen LogP contribution >= 0.6 is 0 Å². The number of benzene rings is 1. The van der Waals surface area contributed by atoms with Crippen LogP contribution < -0.4 is 10.2 Å². The van der Waals surface area contributed by atoms with Gasteiger partial charge >= 0.3 is 6.09 Å². The lowest BCUT2D eigenvalue weighted by Gasteiger charge is -2.18. The highest BCUT2D eigenvalue weighted by molar-refractivity contribution is 6.41. The van der Waals surface area contributed by atoms with E-state index < -0.39 is 17.8 Å². The van der Waals surface area contributed by atoms with Crippen molar-refractivity contribution in [2.24, 2.45) is 0 Å². The van der Waals surface area contributed by atoms with Crippen LogP contribution in [0.1, 0.15) is 46.7 Å². The topological polar surface area (TPSA) is 106 Å². The second kappa shape index (κ2) is 9.35. The number of aromatic nitrogens is 1. The molecule has 1 aromatic carbocycles. The average molecular weight is 442 g/mol. The van der Waals surface area contributed by atoms with Gasteiger partial charge in [-0.05, 0) is 56.8 Å². The molecule has 0 spiro atoms. The maximum absolute atomic E-state index is 13.8. The molecular weight excluding hydrogens is 415 g/mol. The van der Waals surface area contributed by atoms with Crippen molar-refractivity contribution in [3.63, 3.8) is 0 Å². The Hall–Kier alpha value is -3.46. The molecule has 0 fully saturated rings. The number of amides is 3. The standard InChI is InChI=1S/C23H27FN4O4/c1-5-27(6-2)10-9-25-21(29)20-13(3)18(26-14(20)4)12-17-16-11-15(24)7-8-19(16)28(22(17)30)23(31)32/h7-8,11-12,26H,5-6,9-10H2,1-4H3,(H,25,29)(H,31,32)/b17-12-. The molecule has 1 aromatic heterocycles. The summed E-state index contributed by atoms with van der Waals surface area (Å²) < 4.78 is 13.8. The highest BCUT2D eigenvalue weighted by Crippen LogP contribution is 2.38. The fraction of sp³-hybridized carbons (Fsp3) is 0.348. The third kappa shape index (κ3) is 4.29. The van der Waals surface area contributed by atoms with Crippen LogP contribution in [0.5, 0.6) is 0 Å². The van der Waals surface area contributed by atoms with Crippen LogP contribution in [0.3, 0.4) is 0 Å². The number of nitrogens with zero attached hydrogens (tertiary/aromatic N) is 2. The molecule has 1 aliphatic rings. The van der Waals surface area contributed by atoms with Crippen molar-refractivity contribution in [2.75, 3.05) is 31.1 Å². The molecule has 0 radical (unpaired) electrons. The van der Waals surface area contributed by atoms with E-state index in [9.17, 15) is 23.9 Å². The molecule has 8 nitrogen and oxygen atoms in total. The summed E-state index contributed by atoms with van der Waals surface area (Å²) in [6, 6.07) is 3.50. The number of likely N-dealkylation sites (N-methyl/N-ethyl adjacent to an activating group) is 1. The number of aromatic amines is 1. The summed E-state index contributed by atoms with van der Waals surface area (Å²) in [5, 5.41) is 12.4. The van der Waals surface area contributed by atoms with Gasteiger partial charge in [0.15, 0.2) is 0 Å². The van der Waals surface area contributed by atoms with Gasteiger partial charge in [0.05, 0.1) is 16.8 Å². The van der Waals surface area contributed by atoms with E-state index in [0.29, 0.717) is 34.0 Å². The number of nitrogens with one attached hydrogen (secondary N) is 2. The number of rotatable bonds is 7. The largest absolute Gasteiger partial charge is 0.464 e. The van der Waals surface area contributed by atoms with Crippen molar-refractivity contribution < 1.29 is 23.9 Å². The second-order valence-electron chi connectivity index (χ2n) is 7.59. The van der Waals surface area contributed by atoms with Gasteiger partial charge in [0, 0.05) is 30.0 Å². The van der Waals surface area contributed by atoms with Gasteiger partial charge in [0.1, 0.15) is 5.82 Å². The molecule has 0 unspecified atom stereocenters. The molecule has 2 aromatic rings. The van der Waals surface area contributed by atoms with E-state index in [2.05, 4.69) is 29.0 Å². The van der Waals surface area contributed by atoms with Gasteiger partial charge in [-0.3, -0.25) is 9.59 Å². The van der Waals surface area contributed by atoms with Gasteiger partial charge in [-0.2, -0.15) is 0 Å². The number of fused-ring (bicyclic) bond motifs is 1. The van der Waals surface area contributed by atoms with Crippen molar-refractivity contribution in [1.82, 2.24) is 15.2 Å². The normalized spacial score (nSPS) is 14.4. The Kier molecular flexibility index (Phi) is 6.78. The predicted molar refractivity (Wildman–Crippen MR) is 120 cm³/mol. The number of hydrogen-bond acceptors (Lipinski definition) is 4. The van der Waals surface area contributed by atoms with Crippen molar-refractivity contribution in [1.29, 1.82) is 0 Å². The lowest BCUT2D eigenvalue weighted by atomic mass is 10.0. The van der Waals surface area contributed by atoms with Crippen LogP contribution in [-0.4, -0.2) is 59.1 Å². The van der Waals surface area contributed by atoms with Crippen LogP contribution in [0.25, 0.3) is 11.6 Å². The van der Waals surface area contributed by atoms with Crippen LogP contribution in [0.15, 0.2) is 18.2 Å². The molecule has 0 bridgehead atoms. The van der Waals surface area contributed by atoms with Gasteiger partial charge in [0.2, 0.25) is 0 Å². The van der Waals surface area contributed by atoms with E-state index in [1.807, 2.05) is 0 Å². The Labute approximate surface area is 185 Å². The van der Waals surface area contributed by atoms with Gasteiger partial charge in [-0.15, -0.1) is 0 Å². The summed E-state index contributed by atoms with van der Waals surface area (Å²) in [7, 11) is 0. The maximum atomic E-state index is 13.8. The van der Waals surface area contributed by atoms with Gasteiger partial charge in [-0.25, -0.2) is 14.1 Å². The molecule has 3 N–H and O–H groups in total. The van der Waals surface area contributed by atoms with E-state index in [1.54, 1.807) is 13.8 Å². The number of halogens is 1. The third-order valence-electron chi connectivity index (χ3n) is 5.71. The van der Waals surface area contributed by atoms with E-state index in [1.165, 1.54) is 12.1 Å². The molecule has 32 heavy (non-hydrogen) atoms. The lowest BCUT2D eigenvalue weighted by molar-refractivity contribution is -0.112. The highest BCUT2D eigenvalue weighted by Gasteiger charge is 2.37. The Bertz CT molecular complexity index is 1100. The van der Waals surface area contributed by atoms with Crippen molar-refractivity contribution in [2.45, 2.75) is 27.7 Å². The Morgan fingerprint density at radius 3 is 2.56 bits per heavy atom. The Morgan fingerprint density at radius 2 is 1.94 bits per heavy atom. The molecule has 0 saturated heterocycles. The SMILES string of the molecule is CCN(CC)CCNC(=O)c1c(C)[nH]c(/C=C2\C(=O)N(C(=O)O)c3ccc(F)cc32)c1C. The maximum Gasteiger partial charge on any atom is 0.419 e. The summed E-state index contributed by atoms with van der Waals surface area (Å²) in [5.41, 5.74) is 2.53.